The Kier molecular flexibility index (Phi) is 5.36. The molecule has 0 aliphatic heterocycles. The molecule has 0 atom stereocenters. The molecule has 0 spiro atoms. The van der Waals surface area contributed by atoms with Crippen molar-refractivity contribution in [3.05, 3.63) is 45.9 Å². The third-order valence-corrected chi connectivity index (χ3v) is 4.09. The van der Waals surface area contributed by atoms with Gasteiger partial charge in [0.1, 0.15) is 5.75 Å². The van der Waals surface area contributed by atoms with E-state index in [1.54, 1.807) is 18.4 Å². The minimum atomic E-state index is 0.911. The summed E-state index contributed by atoms with van der Waals surface area (Å²) in [6.45, 7) is 4.03. The van der Waals surface area contributed by atoms with Crippen molar-refractivity contribution in [2.45, 2.75) is 26.3 Å². The van der Waals surface area contributed by atoms with E-state index in [2.05, 4.69) is 29.4 Å². The summed E-state index contributed by atoms with van der Waals surface area (Å²) in [6, 6.07) is 8.24. The largest absolute Gasteiger partial charge is 0.497 e. The van der Waals surface area contributed by atoms with Crippen LogP contribution in [-0.2, 0) is 19.4 Å². The molecular formula is C15H20N2OS. The topological polar surface area (TPSA) is 34.2 Å². The fraction of sp³-hybridized carbons (Fsp3) is 0.400. The van der Waals surface area contributed by atoms with E-state index in [4.69, 9.17) is 4.74 Å². The molecule has 0 radical (unpaired) electrons. The summed E-state index contributed by atoms with van der Waals surface area (Å²) < 4.78 is 5.14. The van der Waals surface area contributed by atoms with Crippen molar-refractivity contribution >= 4 is 11.3 Å². The van der Waals surface area contributed by atoms with Crippen molar-refractivity contribution in [1.29, 1.82) is 0 Å². The zero-order valence-electron chi connectivity index (χ0n) is 11.5. The predicted molar refractivity (Wildman–Crippen MR) is 79.9 cm³/mol. The van der Waals surface area contributed by atoms with Crippen LogP contribution in [-0.4, -0.2) is 18.6 Å². The first-order valence-electron chi connectivity index (χ1n) is 6.59. The molecule has 0 fully saturated rings. The molecule has 1 aromatic carbocycles. The van der Waals surface area contributed by atoms with Gasteiger partial charge in [-0.15, -0.1) is 11.3 Å². The first-order valence-corrected chi connectivity index (χ1v) is 7.40. The summed E-state index contributed by atoms with van der Waals surface area (Å²) in [4.78, 5) is 5.67. The molecule has 2 aromatic rings. The summed E-state index contributed by atoms with van der Waals surface area (Å²) in [5.41, 5.74) is 1.33. The fourth-order valence-corrected chi connectivity index (χ4v) is 2.66. The zero-order chi connectivity index (χ0) is 13.5. The van der Waals surface area contributed by atoms with Crippen LogP contribution < -0.4 is 10.1 Å². The van der Waals surface area contributed by atoms with Gasteiger partial charge in [-0.2, -0.15) is 0 Å². The van der Waals surface area contributed by atoms with Gasteiger partial charge in [0.15, 0.2) is 0 Å². The lowest BCUT2D eigenvalue weighted by Gasteiger charge is -2.04. The van der Waals surface area contributed by atoms with Crippen LogP contribution in [0.4, 0.5) is 0 Å². The first-order chi connectivity index (χ1) is 9.31. The van der Waals surface area contributed by atoms with E-state index in [-0.39, 0.29) is 0 Å². The lowest BCUT2D eigenvalue weighted by Crippen LogP contribution is -2.15. The predicted octanol–water partition coefficient (Wildman–Crippen LogP) is 3.05. The van der Waals surface area contributed by atoms with Gasteiger partial charge in [0.05, 0.1) is 12.1 Å². The first kappa shape index (κ1) is 14.0. The number of benzene rings is 1. The van der Waals surface area contributed by atoms with Crippen LogP contribution in [0.1, 0.15) is 22.4 Å². The summed E-state index contributed by atoms with van der Waals surface area (Å²) in [6.07, 6.45) is 4.03. The standard InChI is InChI=1S/C15H20N2OS/c1-3-15-17-11-14(19-15)10-16-9-8-12-4-6-13(18-2)7-5-12/h4-7,11,16H,3,8-10H2,1-2H3. The molecule has 1 heterocycles. The number of nitrogens with one attached hydrogen (secondary N) is 1. The zero-order valence-corrected chi connectivity index (χ0v) is 12.3. The van der Waals surface area contributed by atoms with Crippen molar-refractivity contribution in [2.75, 3.05) is 13.7 Å². The van der Waals surface area contributed by atoms with Crippen molar-refractivity contribution in [3.63, 3.8) is 0 Å². The maximum Gasteiger partial charge on any atom is 0.118 e. The van der Waals surface area contributed by atoms with Crippen molar-refractivity contribution in [1.82, 2.24) is 10.3 Å². The Bertz CT molecular complexity index is 493. The second-order valence-electron chi connectivity index (χ2n) is 4.35. The summed E-state index contributed by atoms with van der Waals surface area (Å²) in [5, 5.41) is 4.67. The third kappa shape index (κ3) is 4.33. The Hall–Kier alpha value is -1.39. The molecule has 0 aliphatic carbocycles. The lowest BCUT2D eigenvalue weighted by molar-refractivity contribution is 0.414. The quantitative estimate of drug-likeness (QED) is 0.789. The van der Waals surface area contributed by atoms with Crippen LogP contribution in [0.5, 0.6) is 5.75 Å². The van der Waals surface area contributed by atoms with Crippen LogP contribution in [0.3, 0.4) is 0 Å². The van der Waals surface area contributed by atoms with Gasteiger partial charge < -0.3 is 10.1 Å². The number of ether oxygens (including phenoxy) is 1. The molecule has 1 N–H and O–H groups in total. The Labute approximate surface area is 118 Å². The minimum absolute atomic E-state index is 0.911. The average Bonchev–Trinajstić information content (AvgIpc) is 2.92. The highest BCUT2D eigenvalue weighted by Crippen LogP contribution is 2.13. The van der Waals surface area contributed by atoms with Crippen molar-refractivity contribution in [2.24, 2.45) is 0 Å². The summed E-state index contributed by atoms with van der Waals surface area (Å²) >= 11 is 1.79. The SMILES string of the molecule is CCc1ncc(CNCCc2ccc(OC)cc2)s1. The van der Waals surface area contributed by atoms with Gasteiger partial charge in [0, 0.05) is 17.6 Å². The van der Waals surface area contributed by atoms with Crippen LogP contribution in [0.2, 0.25) is 0 Å². The molecule has 3 nitrogen and oxygen atoms in total. The molecule has 4 heteroatoms. The molecule has 102 valence electrons. The van der Waals surface area contributed by atoms with E-state index in [1.165, 1.54) is 15.4 Å². The molecule has 2 rings (SSSR count). The number of aryl methyl sites for hydroxylation is 1. The van der Waals surface area contributed by atoms with Gasteiger partial charge in [-0.3, -0.25) is 0 Å². The monoisotopic (exact) mass is 276 g/mol. The van der Waals surface area contributed by atoms with Crippen LogP contribution in [0, 0.1) is 0 Å². The molecule has 0 saturated carbocycles. The number of thiazole rings is 1. The van der Waals surface area contributed by atoms with Gasteiger partial charge in [0.2, 0.25) is 0 Å². The van der Waals surface area contributed by atoms with Crippen molar-refractivity contribution in [3.8, 4) is 5.75 Å². The van der Waals surface area contributed by atoms with E-state index in [9.17, 15) is 0 Å². The molecule has 0 saturated heterocycles. The highest BCUT2D eigenvalue weighted by Gasteiger charge is 2.00. The van der Waals surface area contributed by atoms with Crippen LogP contribution in [0.15, 0.2) is 30.5 Å². The highest BCUT2D eigenvalue weighted by molar-refractivity contribution is 7.11. The van der Waals surface area contributed by atoms with E-state index in [0.717, 1.165) is 31.7 Å². The number of nitrogens with zero attached hydrogens (tertiary/aromatic N) is 1. The van der Waals surface area contributed by atoms with E-state index in [0.29, 0.717) is 0 Å². The van der Waals surface area contributed by atoms with Gasteiger partial charge >= 0.3 is 0 Å². The van der Waals surface area contributed by atoms with Crippen LogP contribution in [0.25, 0.3) is 0 Å². The number of aromatic nitrogens is 1. The van der Waals surface area contributed by atoms with E-state index < -0.39 is 0 Å². The van der Waals surface area contributed by atoms with Crippen molar-refractivity contribution < 1.29 is 4.74 Å². The number of methoxy groups -OCH3 is 1. The van der Waals surface area contributed by atoms with E-state index >= 15 is 0 Å². The Morgan fingerprint density at radius 2 is 2.05 bits per heavy atom. The maximum absolute atomic E-state index is 5.14. The maximum atomic E-state index is 5.14. The smallest absolute Gasteiger partial charge is 0.118 e. The average molecular weight is 276 g/mol. The third-order valence-electron chi connectivity index (χ3n) is 2.95. The van der Waals surface area contributed by atoms with E-state index in [1.807, 2.05) is 18.3 Å². The molecule has 0 unspecified atom stereocenters. The Balaban J connectivity index is 1.71. The number of hydrogen-bond donors (Lipinski definition) is 1. The Morgan fingerprint density at radius 3 is 2.68 bits per heavy atom. The van der Waals surface area contributed by atoms with Gasteiger partial charge in [-0.1, -0.05) is 19.1 Å². The molecule has 1 aromatic heterocycles. The Morgan fingerprint density at radius 1 is 1.26 bits per heavy atom. The lowest BCUT2D eigenvalue weighted by atomic mass is 10.1. The second kappa shape index (κ2) is 7.26. The van der Waals surface area contributed by atoms with Gasteiger partial charge in [0.25, 0.3) is 0 Å². The molecule has 19 heavy (non-hydrogen) atoms. The highest BCUT2D eigenvalue weighted by atomic mass is 32.1. The van der Waals surface area contributed by atoms with Gasteiger partial charge in [-0.05, 0) is 37.1 Å². The fourth-order valence-electron chi connectivity index (χ4n) is 1.83. The molecule has 0 amide bonds. The number of hydrogen-bond acceptors (Lipinski definition) is 4. The summed E-state index contributed by atoms with van der Waals surface area (Å²) in [7, 11) is 1.69. The molecular weight excluding hydrogens is 256 g/mol. The molecule has 0 aliphatic rings. The number of rotatable bonds is 7. The second-order valence-corrected chi connectivity index (χ2v) is 5.55. The van der Waals surface area contributed by atoms with Gasteiger partial charge in [-0.25, -0.2) is 4.98 Å². The van der Waals surface area contributed by atoms with Crippen LogP contribution >= 0.6 is 11.3 Å². The minimum Gasteiger partial charge on any atom is -0.497 e. The summed E-state index contributed by atoms with van der Waals surface area (Å²) in [5.74, 6) is 0.911. The normalized spacial score (nSPS) is 10.6. The molecule has 0 bridgehead atoms.